The van der Waals surface area contributed by atoms with Crippen LogP contribution in [0.15, 0.2) is 30.3 Å². The maximum Gasteiger partial charge on any atom is 0.410 e. The summed E-state index contributed by atoms with van der Waals surface area (Å²) in [5.41, 5.74) is 0.815. The zero-order valence-corrected chi connectivity index (χ0v) is 20.3. The fourth-order valence-electron chi connectivity index (χ4n) is 3.76. The number of rotatable bonds is 9. The van der Waals surface area contributed by atoms with E-state index in [9.17, 15) is 23.5 Å². The molecule has 1 saturated heterocycles. The molecule has 1 aliphatic rings. The molecule has 1 fully saturated rings. The van der Waals surface area contributed by atoms with E-state index in [1.807, 2.05) is 30.3 Å². The Morgan fingerprint density at radius 2 is 1.91 bits per heavy atom. The van der Waals surface area contributed by atoms with Gasteiger partial charge in [-0.1, -0.05) is 44.2 Å². The van der Waals surface area contributed by atoms with E-state index >= 15 is 0 Å². The predicted molar refractivity (Wildman–Crippen MR) is 126 cm³/mol. The van der Waals surface area contributed by atoms with E-state index in [1.165, 1.54) is 19.1 Å². The van der Waals surface area contributed by atoms with E-state index in [2.05, 4.69) is 10.6 Å². The lowest BCUT2D eigenvalue weighted by molar-refractivity contribution is -0.146. The molecule has 1 aliphatic heterocycles. The number of esters is 1. The van der Waals surface area contributed by atoms with Crippen LogP contribution in [-0.4, -0.2) is 82.3 Å². The van der Waals surface area contributed by atoms with E-state index in [0.29, 0.717) is 13.1 Å². The summed E-state index contributed by atoms with van der Waals surface area (Å²) in [4.78, 5) is 39.3. The fourth-order valence-corrected chi connectivity index (χ4v) is 5.42. The highest BCUT2D eigenvalue weighted by Crippen LogP contribution is 2.47. The van der Waals surface area contributed by atoms with Crippen molar-refractivity contribution in [3.05, 3.63) is 35.9 Å². The monoisotopic (exact) mass is 485 g/mol. The largest absolute Gasteiger partial charge is 0.467 e. The smallest absolute Gasteiger partial charge is 0.410 e. The number of nitrogens with one attached hydrogen (secondary N) is 2. The maximum absolute atomic E-state index is 13.1. The van der Waals surface area contributed by atoms with Crippen molar-refractivity contribution in [1.82, 2.24) is 15.5 Å². The minimum Gasteiger partial charge on any atom is -0.467 e. The molecular weight excluding hydrogens is 450 g/mol. The third-order valence-electron chi connectivity index (χ3n) is 5.60. The van der Waals surface area contributed by atoms with Gasteiger partial charge in [-0.15, -0.1) is 0 Å². The molecule has 4 N–H and O–H groups in total. The van der Waals surface area contributed by atoms with E-state index in [0.717, 1.165) is 5.56 Å². The summed E-state index contributed by atoms with van der Waals surface area (Å²) in [7, 11) is -0.238. The first-order valence-electron chi connectivity index (χ1n) is 10.8. The Hall–Kier alpha value is -2.34. The van der Waals surface area contributed by atoms with E-state index in [1.54, 1.807) is 13.8 Å². The topological polar surface area (TPSA) is 137 Å². The number of ether oxygens (including phenoxy) is 2. The van der Waals surface area contributed by atoms with Crippen LogP contribution in [0.25, 0.3) is 0 Å². The summed E-state index contributed by atoms with van der Waals surface area (Å²) in [5.74, 6) is -1.35. The molecule has 0 aliphatic carbocycles. The van der Waals surface area contributed by atoms with Crippen molar-refractivity contribution in [2.45, 2.75) is 44.2 Å². The molecule has 1 aromatic rings. The lowest BCUT2D eigenvalue weighted by atomic mass is 10.0. The van der Waals surface area contributed by atoms with Crippen molar-refractivity contribution in [2.75, 3.05) is 33.0 Å². The van der Waals surface area contributed by atoms with Gasteiger partial charge in [0.1, 0.15) is 18.7 Å². The summed E-state index contributed by atoms with van der Waals surface area (Å²) in [5, 5.41) is 5.11. The number of likely N-dealkylation sites (N-methyl/N-ethyl adjacent to an activating group) is 1. The van der Waals surface area contributed by atoms with Crippen LogP contribution in [-0.2, 0) is 25.7 Å². The quantitative estimate of drug-likeness (QED) is 0.390. The molecule has 33 heavy (non-hydrogen) atoms. The second-order valence-corrected chi connectivity index (χ2v) is 10.9. The molecule has 0 aromatic heterocycles. The average molecular weight is 486 g/mol. The molecule has 2 amide bonds. The molecule has 0 radical (unpaired) electrons. The zero-order chi connectivity index (χ0) is 24.6. The van der Waals surface area contributed by atoms with E-state index in [-0.39, 0.29) is 24.7 Å². The van der Waals surface area contributed by atoms with Gasteiger partial charge in [-0.3, -0.25) is 18.8 Å². The highest BCUT2D eigenvalue weighted by molar-refractivity contribution is 8.24. The number of carbonyl (C=O) groups is 3. The summed E-state index contributed by atoms with van der Waals surface area (Å²) in [6, 6.07) is 7.18. The third kappa shape index (κ3) is 7.60. The Morgan fingerprint density at radius 1 is 1.24 bits per heavy atom. The van der Waals surface area contributed by atoms with E-state index in [4.69, 9.17) is 9.47 Å². The number of benzene rings is 1. The Balaban J connectivity index is 2.08. The number of nitrogens with zero attached hydrogens (tertiary/aromatic N) is 1. The minimum atomic E-state index is -2.90. The molecule has 1 aromatic carbocycles. The van der Waals surface area contributed by atoms with Gasteiger partial charge < -0.3 is 20.1 Å². The van der Waals surface area contributed by atoms with Gasteiger partial charge in [0, 0.05) is 20.1 Å². The SMILES string of the molecule is COC(=O)C(CC1CNCCS1(O)O)NC(=O)C(C(C)C)N(C)C(=O)OCc1ccccc1. The predicted octanol–water partition coefficient (Wildman–Crippen LogP) is 2.05. The van der Waals surface area contributed by atoms with Crippen LogP contribution in [0.3, 0.4) is 0 Å². The number of hydrogen-bond donors (Lipinski definition) is 4. The minimum absolute atomic E-state index is 0.000724. The summed E-state index contributed by atoms with van der Waals surface area (Å²) in [6.45, 7) is 4.40. The number of amides is 2. The molecule has 10 nitrogen and oxygen atoms in total. The van der Waals surface area contributed by atoms with Gasteiger partial charge in [0.2, 0.25) is 5.91 Å². The van der Waals surface area contributed by atoms with Gasteiger partial charge in [-0.2, -0.15) is 10.6 Å². The van der Waals surface area contributed by atoms with Crippen molar-refractivity contribution in [3.8, 4) is 0 Å². The highest BCUT2D eigenvalue weighted by atomic mass is 32.3. The summed E-state index contributed by atoms with van der Waals surface area (Å²) < 4.78 is 30.9. The molecule has 186 valence electrons. The molecule has 0 bridgehead atoms. The maximum atomic E-state index is 13.1. The number of methoxy groups -OCH3 is 1. The number of hydrogen-bond acceptors (Lipinski definition) is 8. The molecular formula is C22H35N3O7S. The molecule has 0 saturated carbocycles. The Labute approximate surface area is 196 Å². The van der Waals surface area contributed by atoms with Gasteiger partial charge in [0.15, 0.2) is 0 Å². The Morgan fingerprint density at radius 3 is 2.48 bits per heavy atom. The molecule has 3 atom stereocenters. The highest BCUT2D eigenvalue weighted by Gasteiger charge is 2.37. The Bertz CT molecular complexity index is 806. The molecule has 1 heterocycles. The summed E-state index contributed by atoms with van der Waals surface area (Å²) >= 11 is 0. The first-order chi connectivity index (χ1) is 15.6. The Kier molecular flexibility index (Phi) is 9.96. The molecule has 11 heteroatoms. The second kappa shape index (κ2) is 12.2. The van der Waals surface area contributed by atoms with Crippen LogP contribution in [0.1, 0.15) is 25.8 Å². The summed E-state index contributed by atoms with van der Waals surface area (Å²) in [6.07, 6.45) is -0.672. The fraction of sp³-hybridized carbons (Fsp3) is 0.591. The zero-order valence-electron chi connectivity index (χ0n) is 19.5. The van der Waals surface area contributed by atoms with Crippen LogP contribution in [0.5, 0.6) is 0 Å². The van der Waals surface area contributed by atoms with Crippen LogP contribution in [0.4, 0.5) is 4.79 Å². The van der Waals surface area contributed by atoms with Crippen molar-refractivity contribution < 1.29 is 33.0 Å². The van der Waals surface area contributed by atoms with Gasteiger partial charge in [0.05, 0.1) is 18.1 Å². The van der Waals surface area contributed by atoms with E-state index < -0.39 is 45.9 Å². The van der Waals surface area contributed by atoms with Gasteiger partial charge in [-0.25, -0.2) is 9.59 Å². The lowest BCUT2D eigenvalue weighted by Gasteiger charge is -2.45. The molecule has 2 rings (SSSR count). The van der Waals surface area contributed by atoms with Gasteiger partial charge >= 0.3 is 12.1 Å². The first kappa shape index (κ1) is 26.9. The second-order valence-electron chi connectivity index (χ2n) is 8.41. The van der Waals surface area contributed by atoms with Crippen LogP contribution >= 0.6 is 10.6 Å². The first-order valence-corrected chi connectivity index (χ1v) is 12.6. The van der Waals surface area contributed by atoms with Crippen molar-refractivity contribution in [2.24, 2.45) is 5.92 Å². The normalized spacial score (nSPS) is 20.3. The van der Waals surface area contributed by atoms with Crippen LogP contribution in [0, 0.1) is 5.92 Å². The van der Waals surface area contributed by atoms with Crippen molar-refractivity contribution >= 4 is 28.6 Å². The van der Waals surface area contributed by atoms with Crippen LogP contribution in [0.2, 0.25) is 0 Å². The lowest BCUT2D eigenvalue weighted by Crippen LogP contribution is -2.55. The number of carbonyl (C=O) groups excluding carboxylic acids is 3. The average Bonchev–Trinajstić information content (AvgIpc) is 2.78. The molecule has 0 spiro atoms. The standard InChI is InChI=1S/C22H35N3O7S/c1-15(2)19(25(3)22(28)32-14-16-8-6-5-7-9-16)20(26)24-18(21(27)31-4)12-17-13-23-10-11-33(17,29)30/h5-9,15,17-19,23,29-30H,10-14H2,1-4H3,(H,24,26). The van der Waals surface area contributed by atoms with Gasteiger partial charge in [-0.05, 0) is 17.9 Å². The van der Waals surface area contributed by atoms with Crippen molar-refractivity contribution in [3.63, 3.8) is 0 Å². The van der Waals surface area contributed by atoms with Gasteiger partial charge in [0.25, 0.3) is 0 Å². The van der Waals surface area contributed by atoms with Crippen LogP contribution < -0.4 is 10.6 Å². The third-order valence-corrected chi connectivity index (χ3v) is 7.83. The molecule has 3 unspecified atom stereocenters. The van der Waals surface area contributed by atoms with Crippen molar-refractivity contribution in [1.29, 1.82) is 0 Å².